The fraction of sp³-hybridized carbons (Fsp3) is 0.350. The Balaban J connectivity index is 1.97. The van der Waals surface area contributed by atoms with Gasteiger partial charge in [0.15, 0.2) is 0 Å². The van der Waals surface area contributed by atoms with E-state index in [4.69, 9.17) is 16.2 Å². The summed E-state index contributed by atoms with van der Waals surface area (Å²) in [6.07, 6.45) is 0.936. The number of nitrogens with zero attached hydrogens (tertiary/aromatic N) is 2. The van der Waals surface area contributed by atoms with Crippen LogP contribution in [0.4, 0.5) is 9.80 Å². The Labute approximate surface area is 173 Å². The molecule has 2 aromatic rings. The van der Waals surface area contributed by atoms with Gasteiger partial charge in [0.1, 0.15) is 16.9 Å². The molecule has 0 spiro atoms. The summed E-state index contributed by atoms with van der Waals surface area (Å²) < 4.78 is 6.26. The quantitative estimate of drug-likeness (QED) is 0.669. The number of thiophene rings is 1. The minimum atomic E-state index is -0.789. The Hall–Kier alpha value is -3.09. The number of nitrogens with one attached hydrogen (secondary N) is 1. The molecule has 5 N–H and O–H groups in total. The number of nitriles is 1. The minimum absolute atomic E-state index is 0.0304. The fourth-order valence-electron chi connectivity index (χ4n) is 3.31. The fourth-order valence-corrected chi connectivity index (χ4v) is 4.39. The van der Waals surface area contributed by atoms with Crippen LogP contribution in [0.1, 0.15) is 36.2 Å². The summed E-state index contributed by atoms with van der Waals surface area (Å²) in [7, 11) is 0. The predicted octanol–water partition coefficient (Wildman–Crippen LogP) is 2.74. The van der Waals surface area contributed by atoms with Crippen molar-refractivity contribution in [3.05, 3.63) is 35.4 Å². The van der Waals surface area contributed by atoms with Gasteiger partial charge in [0.25, 0.3) is 5.91 Å². The minimum Gasteiger partial charge on any atom is -0.488 e. The first-order valence-electron chi connectivity index (χ1n) is 9.23. The molecular formula is C20H23N5O3S. The summed E-state index contributed by atoms with van der Waals surface area (Å²) in [5.74, 6) is -0.0685. The number of hydrogen-bond donors (Lipinski definition) is 3. The molecule has 1 saturated heterocycles. The first kappa shape index (κ1) is 20.6. The largest absolute Gasteiger partial charge is 0.488 e. The Bertz CT molecular complexity index is 979. The molecule has 0 saturated carbocycles. The van der Waals surface area contributed by atoms with Crippen LogP contribution in [0.25, 0.3) is 10.4 Å². The summed E-state index contributed by atoms with van der Waals surface area (Å²) in [6, 6.07) is 8.51. The van der Waals surface area contributed by atoms with E-state index in [2.05, 4.69) is 30.1 Å². The summed E-state index contributed by atoms with van der Waals surface area (Å²) in [5, 5.41) is 12.0. The van der Waals surface area contributed by atoms with Gasteiger partial charge in [0, 0.05) is 29.6 Å². The topological polar surface area (TPSA) is 134 Å². The third-order valence-corrected chi connectivity index (χ3v) is 5.89. The highest BCUT2D eigenvalue weighted by Crippen LogP contribution is 2.40. The van der Waals surface area contributed by atoms with E-state index in [1.807, 2.05) is 0 Å². The lowest BCUT2D eigenvalue weighted by molar-refractivity contribution is 0.100. The van der Waals surface area contributed by atoms with Crippen molar-refractivity contribution in [2.45, 2.75) is 32.4 Å². The molecule has 1 aromatic carbocycles. The highest BCUT2D eigenvalue weighted by Gasteiger charge is 2.27. The smallest absolute Gasteiger partial charge is 0.317 e. The van der Waals surface area contributed by atoms with Gasteiger partial charge in [-0.25, -0.2) is 4.79 Å². The van der Waals surface area contributed by atoms with Crippen molar-refractivity contribution in [1.82, 2.24) is 4.90 Å². The molecule has 1 fully saturated rings. The second kappa shape index (κ2) is 8.51. The summed E-state index contributed by atoms with van der Waals surface area (Å²) >= 11 is 1.15. The lowest BCUT2D eigenvalue weighted by Gasteiger charge is -2.21. The van der Waals surface area contributed by atoms with Crippen LogP contribution in [-0.2, 0) is 0 Å². The number of anilines is 1. The number of amides is 3. The van der Waals surface area contributed by atoms with E-state index in [0.717, 1.165) is 30.8 Å². The van der Waals surface area contributed by atoms with Crippen molar-refractivity contribution in [2.24, 2.45) is 11.5 Å². The second-order valence-corrected chi connectivity index (χ2v) is 8.20. The summed E-state index contributed by atoms with van der Waals surface area (Å²) in [4.78, 5) is 26.0. The van der Waals surface area contributed by atoms with Crippen molar-refractivity contribution >= 4 is 28.3 Å². The molecule has 1 unspecified atom stereocenters. The van der Waals surface area contributed by atoms with Gasteiger partial charge in [-0.15, -0.1) is 11.3 Å². The van der Waals surface area contributed by atoms with Gasteiger partial charge in [-0.1, -0.05) is 0 Å². The number of primary amides is 2. The van der Waals surface area contributed by atoms with Gasteiger partial charge >= 0.3 is 6.03 Å². The van der Waals surface area contributed by atoms with E-state index in [0.29, 0.717) is 27.8 Å². The van der Waals surface area contributed by atoms with E-state index < -0.39 is 11.9 Å². The monoisotopic (exact) mass is 413 g/mol. The Morgan fingerprint density at radius 1 is 1.34 bits per heavy atom. The Morgan fingerprint density at radius 2 is 2.10 bits per heavy atom. The molecule has 9 heteroatoms. The van der Waals surface area contributed by atoms with Crippen LogP contribution in [0.3, 0.4) is 0 Å². The predicted molar refractivity (Wildman–Crippen MR) is 112 cm³/mol. The average Bonchev–Trinajstić information content (AvgIpc) is 3.29. The van der Waals surface area contributed by atoms with E-state index in [9.17, 15) is 14.9 Å². The molecule has 1 aromatic heterocycles. The summed E-state index contributed by atoms with van der Waals surface area (Å²) in [6.45, 7) is 6.09. The molecular weight excluding hydrogens is 390 g/mol. The molecule has 152 valence electrons. The van der Waals surface area contributed by atoms with Gasteiger partial charge in [-0.2, -0.15) is 5.26 Å². The molecule has 1 aliphatic heterocycles. The number of likely N-dealkylation sites (tertiary alicyclic amines) is 1. The maximum atomic E-state index is 11.8. The molecule has 1 atom stereocenters. The van der Waals surface area contributed by atoms with Gasteiger partial charge in [-0.3, -0.25) is 15.0 Å². The number of nitrogens with two attached hydrogens (primary N) is 2. The lowest BCUT2D eigenvalue weighted by Crippen LogP contribution is -2.30. The van der Waals surface area contributed by atoms with Crippen molar-refractivity contribution < 1.29 is 14.3 Å². The van der Waals surface area contributed by atoms with Crippen LogP contribution in [0.5, 0.6) is 5.75 Å². The highest BCUT2D eigenvalue weighted by atomic mass is 32.1. The molecule has 3 rings (SSSR count). The Kier molecular flexibility index (Phi) is 6.06. The van der Waals surface area contributed by atoms with Gasteiger partial charge in [0.05, 0.1) is 17.2 Å². The average molecular weight is 414 g/mol. The molecule has 8 nitrogen and oxygen atoms in total. The lowest BCUT2D eigenvalue weighted by atomic mass is 10.1. The zero-order chi connectivity index (χ0) is 21.1. The Morgan fingerprint density at radius 3 is 2.69 bits per heavy atom. The van der Waals surface area contributed by atoms with Crippen molar-refractivity contribution in [3.8, 4) is 22.3 Å². The van der Waals surface area contributed by atoms with Crippen molar-refractivity contribution in [1.29, 1.82) is 5.26 Å². The zero-order valence-electron chi connectivity index (χ0n) is 16.3. The van der Waals surface area contributed by atoms with E-state index >= 15 is 0 Å². The molecule has 0 bridgehead atoms. The van der Waals surface area contributed by atoms with Crippen LogP contribution < -0.4 is 21.5 Å². The maximum absolute atomic E-state index is 11.8. The van der Waals surface area contributed by atoms with Gasteiger partial charge in [0.2, 0.25) is 0 Å². The van der Waals surface area contributed by atoms with Crippen LogP contribution >= 0.6 is 11.3 Å². The third kappa shape index (κ3) is 4.67. The van der Waals surface area contributed by atoms with E-state index in [1.54, 1.807) is 24.3 Å². The molecule has 29 heavy (non-hydrogen) atoms. The number of hydrogen-bond acceptors (Lipinski definition) is 6. The zero-order valence-corrected chi connectivity index (χ0v) is 17.1. The first-order chi connectivity index (χ1) is 13.8. The van der Waals surface area contributed by atoms with E-state index in [1.165, 1.54) is 0 Å². The maximum Gasteiger partial charge on any atom is 0.317 e. The third-order valence-electron chi connectivity index (χ3n) is 4.81. The molecule has 3 amide bonds. The number of benzene rings is 1. The van der Waals surface area contributed by atoms with E-state index in [-0.39, 0.29) is 16.7 Å². The number of carbonyl (C=O) groups excluding carboxylic acids is 2. The van der Waals surface area contributed by atoms with Gasteiger partial charge < -0.3 is 16.2 Å². The first-order valence-corrected chi connectivity index (χ1v) is 10.1. The normalized spacial score (nSPS) is 16.6. The highest BCUT2D eigenvalue weighted by molar-refractivity contribution is 7.20. The molecule has 2 heterocycles. The van der Waals surface area contributed by atoms with Crippen molar-refractivity contribution in [2.75, 3.05) is 18.4 Å². The van der Waals surface area contributed by atoms with Crippen LogP contribution in [0.15, 0.2) is 24.3 Å². The number of carbonyl (C=O) groups is 2. The number of rotatable bonds is 6. The molecule has 0 aliphatic carbocycles. The number of ether oxygens (including phenoxy) is 1. The molecule has 1 aliphatic rings. The number of urea groups is 1. The van der Waals surface area contributed by atoms with Crippen LogP contribution in [0.2, 0.25) is 0 Å². The van der Waals surface area contributed by atoms with Crippen molar-refractivity contribution in [3.63, 3.8) is 0 Å². The second-order valence-electron chi connectivity index (χ2n) is 7.15. The van der Waals surface area contributed by atoms with Gasteiger partial charge in [-0.05, 0) is 44.5 Å². The standard InChI is InChI=1S/C20H23N5O3S/c1-11(2)25-6-5-13(10-25)28-16-4-3-12(9-21)7-14(16)17-8-15(18(22)26)19(29-17)24-20(23)27/h3-4,7-8,11,13H,5-6,10H2,1-2H3,(H2,22,26)(H3,23,24,27). The summed E-state index contributed by atoms with van der Waals surface area (Å²) in [5.41, 5.74) is 11.9. The van der Waals surface area contributed by atoms with Crippen LogP contribution in [-0.4, -0.2) is 42.1 Å². The molecule has 0 radical (unpaired) electrons. The SMILES string of the molecule is CC(C)N1CCC(Oc2ccc(C#N)cc2-c2cc(C(N)=O)c(NC(N)=O)s2)C1. The van der Waals surface area contributed by atoms with Crippen LogP contribution in [0, 0.1) is 11.3 Å².